The highest BCUT2D eigenvalue weighted by atomic mass is 16.7. The summed E-state index contributed by atoms with van der Waals surface area (Å²) in [5, 5.41) is 45.9. The minimum absolute atomic E-state index is 0.00842. The van der Waals surface area contributed by atoms with Crippen LogP contribution in [0.3, 0.4) is 0 Å². The first kappa shape index (κ1) is 43.7. The predicted molar refractivity (Wildman–Crippen MR) is 203 cm³/mol. The molecule has 3 fully saturated rings. The molecule has 8 N–H and O–H groups in total. The Morgan fingerprint density at radius 1 is 0.930 bits per heavy atom. The number of anilines is 1. The van der Waals surface area contributed by atoms with E-state index in [9.17, 15) is 34.8 Å². The van der Waals surface area contributed by atoms with Crippen molar-refractivity contribution in [3.05, 3.63) is 47.5 Å². The van der Waals surface area contributed by atoms with Crippen molar-refractivity contribution in [2.24, 2.45) is 5.92 Å². The molecule has 0 radical (unpaired) electrons. The van der Waals surface area contributed by atoms with Crippen molar-refractivity contribution in [2.75, 3.05) is 59.8 Å². The molecule has 316 valence electrons. The zero-order valence-corrected chi connectivity index (χ0v) is 32.5. The number of aliphatic hydroxyl groups excluding tert-OH is 3. The molecule has 5 rings (SSSR count). The Labute approximate surface area is 331 Å². The van der Waals surface area contributed by atoms with Crippen LogP contribution in [-0.2, 0) is 41.6 Å². The number of nitrogens with zero attached hydrogens (tertiary/aromatic N) is 1. The largest absolute Gasteiger partial charge is 0.493 e. The number of nitrogens with one attached hydrogen (secondary N) is 2. The SMILES string of the molecule is COc1ccc(CCO[C@H]2CCCC[C@H]2C2NCC[C@H]2OC(=O)CNCCN(C)C(=O)OCc2ccc(OC3OC(C(=O)O)C(O)C(O)C3O)c(N)c2)cc1OC. The number of methoxy groups -OCH3 is 2. The van der Waals surface area contributed by atoms with Crippen molar-refractivity contribution >= 4 is 23.7 Å². The molecule has 0 aromatic heterocycles. The molecule has 0 bridgehead atoms. The quantitative estimate of drug-likeness (QED) is 0.0626. The van der Waals surface area contributed by atoms with E-state index in [0.29, 0.717) is 30.2 Å². The van der Waals surface area contributed by atoms with Gasteiger partial charge in [-0.2, -0.15) is 0 Å². The standard InChI is InChI=1S/C39H56N4O14/c1-43(39(50)54-21-23-9-10-27(25(40)18-23)56-38-35(47)33(45)34(46)36(57-38)37(48)49)16-15-41-20-31(44)55-29-12-14-42-32(29)24-6-4-5-7-26(24)53-17-13-22-8-11-28(51-2)30(19-22)52-3/h8-11,18-19,24,26,29,32-36,38,41-42,45-47H,4-7,12-17,20-21,40H2,1-3H3,(H,48,49)/t24-,26+,29-,32?,33?,34?,35?,36?,38?/m1/s1. The van der Waals surface area contributed by atoms with E-state index in [4.69, 9.17) is 38.9 Å². The van der Waals surface area contributed by atoms with Gasteiger partial charge in [-0.1, -0.05) is 25.0 Å². The number of nitrogen functional groups attached to an aromatic ring is 1. The molecule has 3 aliphatic rings. The highest BCUT2D eigenvalue weighted by Gasteiger charge is 2.48. The number of esters is 1. The zero-order chi connectivity index (χ0) is 41.1. The molecule has 1 saturated carbocycles. The van der Waals surface area contributed by atoms with Crippen LogP contribution in [0.15, 0.2) is 36.4 Å². The van der Waals surface area contributed by atoms with E-state index in [0.717, 1.165) is 50.6 Å². The average molecular weight is 805 g/mol. The van der Waals surface area contributed by atoms with Gasteiger partial charge in [-0.15, -0.1) is 0 Å². The Kier molecular flexibility index (Phi) is 16.0. The molecule has 2 saturated heterocycles. The number of carboxylic acid groups (broad SMARTS) is 1. The Hall–Kier alpha value is -4.43. The minimum atomic E-state index is -1.86. The monoisotopic (exact) mass is 804 g/mol. The van der Waals surface area contributed by atoms with Crippen LogP contribution in [0.2, 0.25) is 0 Å². The van der Waals surface area contributed by atoms with Crippen molar-refractivity contribution < 1.29 is 68.0 Å². The van der Waals surface area contributed by atoms with Crippen molar-refractivity contribution in [3.8, 4) is 17.2 Å². The van der Waals surface area contributed by atoms with Gasteiger partial charge in [0.05, 0.1) is 39.2 Å². The maximum Gasteiger partial charge on any atom is 0.409 e. The molecule has 18 nitrogen and oxygen atoms in total. The molecular formula is C39H56N4O14. The number of ether oxygens (including phenoxy) is 7. The maximum atomic E-state index is 12.9. The molecule has 1 amide bonds. The number of aliphatic carboxylic acids is 1. The van der Waals surface area contributed by atoms with Gasteiger partial charge < -0.3 is 74.9 Å². The summed E-state index contributed by atoms with van der Waals surface area (Å²) < 4.78 is 39.2. The van der Waals surface area contributed by atoms with E-state index in [1.807, 2.05) is 18.2 Å². The van der Waals surface area contributed by atoms with E-state index in [-0.39, 0.29) is 61.3 Å². The third-order valence-corrected chi connectivity index (χ3v) is 10.6. The molecule has 57 heavy (non-hydrogen) atoms. The number of aliphatic hydroxyl groups is 3. The lowest BCUT2D eigenvalue weighted by molar-refractivity contribution is -0.271. The predicted octanol–water partition coefficient (Wildman–Crippen LogP) is 0.807. The summed E-state index contributed by atoms with van der Waals surface area (Å²) >= 11 is 0. The van der Waals surface area contributed by atoms with Crippen LogP contribution in [0, 0.1) is 5.92 Å². The van der Waals surface area contributed by atoms with Crippen LogP contribution in [0.1, 0.15) is 43.2 Å². The number of carbonyl (C=O) groups excluding carboxylic acids is 2. The number of nitrogens with two attached hydrogens (primary N) is 1. The number of carbonyl (C=O) groups is 3. The Morgan fingerprint density at radius 3 is 2.40 bits per heavy atom. The van der Waals surface area contributed by atoms with Gasteiger partial charge in [-0.25, -0.2) is 9.59 Å². The number of hydrogen-bond acceptors (Lipinski definition) is 16. The maximum absolute atomic E-state index is 12.9. The van der Waals surface area contributed by atoms with Crippen LogP contribution in [0.5, 0.6) is 17.2 Å². The average Bonchev–Trinajstić information content (AvgIpc) is 3.66. The summed E-state index contributed by atoms with van der Waals surface area (Å²) in [7, 11) is 4.79. The molecule has 2 aromatic rings. The highest BCUT2D eigenvalue weighted by molar-refractivity contribution is 5.73. The molecule has 1 aliphatic carbocycles. The first-order chi connectivity index (χ1) is 27.4. The fraction of sp³-hybridized carbons (Fsp3) is 0.615. The third-order valence-electron chi connectivity index (χ3n) is 10.6. The number of benzene rings is 2. The van der Waals surface area contributed by atoms with Gasteiger partial charge >= 0.3 is 18.0 Å². The Balaban J connectivity index is 1.000. The molecule has 2 aromatic carbocycles. The van der Waals surface area contributed by atoms with E-state index in [2.05, 4.69) is 10.6 Å². The second-order valence-corrected chi connectivity index (χ2v) is 14.5. The fourth-order valence-electron chi connectivity index (χ4n) is 7.43. The lowest BCUT2D eigenvalue weighted by Gasteiger charge is -2.38. The molecule has 2 heterocycles. The first-order valence-corrected chi connectivity index (χ1v) is 19.2. The van der Waals surface area contributed by atoms with Gasteiger partial charge in [-0.3, -0.25) is 4.79 Å². The van der Waals surface area contributed by atoms with Crippen LogP contribution in [0.25, 0.3) is 0 Å². The van der Waals surface area contributed by atoms with Gasteiger partial charge in [0.2, 0.25) is 6.29 Å². The first-order valence-electron chi connectivity index (χ1n) is 19.2. The molecule has 9 atom stereocenters. The number of likely N-dealkylation sites (N-methyl/N-ethyl adjacent to an activating group) is 1. The summed E-state index contributed by atoms with van der Waals surface area (Å²) in [6, 6.07) is 10.3. The topological polar surface area (TPSA) is 250 Å². The van der Waals surface area contributed by atoms with Crippen LogP contribution >= 0.6 is 0 Å². The van der Waals surface area contributed by atoms with Crippen molar-refractivity contribution in [1.82, 2.24) is 15.5 Å². The minimum Gasteiger partial charge on any atom is -0.493 e. The summed E-state index contributed by atoms with van der Waals surface area (Å²) in [4.78, 5) is 38.2. The molecule has 0 spiro atoms. The third kappa shape index (κ3) is 11.6. The number of hydrogen-bond donors (Lipinski definition) is 7. The van der Waals surface area contributed by atoms with E-state index in [1.165, 1.54) is 23.1 Å². The lowest BCUT2D eigenvalue weighted by atomic mass is 9.80. The smallest absolute Gasteiger partial charge is 0.409 e. The summed E-state index contributed by atoms with van der Waals surface area (Å²) in [6.07, 6.45) is -4.09. The van der Waals surface area contributed by atoms with E-state index >= 15 is 0 Å². The zero-order valence-electron chi connectivity index (χ0n) is 32.5. The summed E-state index contributed by atoms with van der Waals surface area (Å²) in [6.45, 7) is 1.74. The summed E-state index contributed by atoms with van der Waals surface area (Å²) in [5.74, 6) is -0.305. The van der Waals surface area contributed by atoms with Gasteiger partial charge in [0.1, 0.15) is 36.8 Å². The molecule has 6 unspecified atom stereocenters. The Bertz CT molecular complexity index is 1650. The van der Waals surface area contributed by atoms with Gasteiger partial charge in [-0.05, 0) is 67.6 Å². The van der Waals surface area contributed by atoms with Crippen molar-refractivity contribution in [3.63, 3.8) is 0 Å². The normalized spacial score (nSPS) is 27.3. The lowest BCUT2D eigenvalue weighted by Crippen LogP contribution is -2.61. The van der Waals surface area contributed by atoms with Crippen LogP contribution < -0.4 is 30.6 Å². The van der Waals surface area contributed by atoms with E-state index < -0.39 is 42.8 Å². The Morgan fingerprint density at radius 2 is 1.67 bits per heavy atom. The van der Waals surface area contributed by atoms with Crippen molar-refractivity contribution in [2.45, 2.75) is 94.1 Å². The van der Waals surface area contributed by atoms with Gasteiger partial charge in [0, 0.05) is 32.1 Å². The molecule has 2 aliphatic heterocycles. The molecular weight excluding hydrogens is 748 g/mol. The van der Waals surface area contributed by atoms with Crippen LogP contribution in [0.4, 0.5) is 10.5 Å². The number of amides is 1. The van der Waals surface area contributed by atoms with Crippen molar-refractivity contribution in [1.29, 1.82) is 0 Å². The summed E-state index contributed by atoms with van der Waals surface area (Å²) in [5.41, 5.74) is 7.73. The van der Waals surface area contributed by atoms with Gasteiger partial charge in [0.25, 0.3) is 0 Å². The van der Waals surface area contributed by atoms with Gasteiger partial charge in [0.15, 0.2) is 17.6 Å². The van der Waals surface area contributed by atoms with E-state index in [1.54, 1.807) is 21.3 Å². The highest BCUT2D eigenvalue weighted by Crippen LogP contribution is 2.35. The molecule has 18 heteroatoms. The second kappa shape index (κ2) is 20.8. The fourth-order valence-corrected chi connectivity index (χ4v) is 7.43. The van der Waals surface area contributed by atoms with Crippen LogP contribution in [-0.4, -0.2) is 146 Å². The number of carboxylic acids is 1. The second-order valence-electron chi connectivity index (χ2n) is 14.5. The number of rotatable bonds is 18.